The van der Waals surface area contributed by atoms with E-state index in [0.717, 1.165) is 8.04 Å². The lowest BCUT2D eigenvalue weighted by molar-refractivity contribution is 0.0459. The topological polar surface area (TPSA) is 26.3 Å². The molecule has 0 radical (unpaired) electrons. The molecular formula is C11H12BrIO2. The highest BCUT2D eigenvalue weighted by atomic mass is 127. The van der Waals surface area contributed by atoms with Gasteiger partial charge in [0.15, 0.2) is 0 Å². The van der Waals surface area contributed by atoms with Crippen LogP contribution >= 0.6 is 38.5 Å². The van der Waals surface area contributed by atoms with Crippen LogP contribution in [0.1, 0.15) is 24.2 Å². The zero-order valence-electron chi connectivity index (χ0n) is 8.59. The van der Waals surface area contributed by atoms with Gasteiger partial charge in [0.2, 0.25) is 0 Å². The number of ether oxygens (including phenoxy) is 1. The second-order valence-corrected chi connectivity index (χ2v) is 5.81. The quantitative estimate of drug-likeness (QED) is 0.586. The van der Waals surface area contributed by atoms with Crippen molar-refractivity contribution in [2.24, 2.45) is 5.92 Å². The summed E-state index contributed by atoms with van der Waals surface area (Å²) in [6, 6.07) is 5.53. The summed E-state index contributed by atoms with van der Waals surface area (Å²) in [7, 11) is 0. The van der Waals surface area contributed by atoms with Crippen LogP contribution in [0.25, 0.3) is 0 Å². The maximum atomic E-state index is 11.6. The molecule has 0 aliphatic rings. The molecule has 0 aliphatic heterocycles. The minimum atomic E-state index is -0.261. The summed E-state index contributed by atoms with van der Waals surface area (Å²) in [4.78, 5) is 11.6. The number of halogens is 2. The molecule has 82 valence electrons. The van der Waals surface area contributed by atoms with Crippen LogP contribution < -0.4 is 0 Å². The van der Waals surface area contributed by atoms with E-state index in [4.69, 9.17) is 4.74 Å². The second kappa shape index (κ2) is 5.84. The molecule has 0 N–H and O–H groups in total. The Hall–Kier alpha value is -0.100. The van der Waals surface area contributed by atoms with E-state index in [1.165, 1.54) is 0 Å². The van der Waals surface area contributed by atoms with Crippen LogP contribution in [0.15, 0.2) is 22.7 Å². The van der Waals surface area contributed by atoms with Crippen LogP contribution in [0.4, 0.5) is 0 Å². The van der Waals surface area contributed by atoms with Crippen molar-refractivity contribution in [1.29, 1.82) is 0 Å². The maximum Gasteiger partial charge on any atom is 0.338 e. The number of benzene rings is 1. The Balaban J connectivity index is 2.73. The first-order chi connectivity index (χ1) is 6.99. The average Bonchev–Trinajstić information content (AvgIpc) is 2.12. The van der Waals surface area contributed by atoms with Crippen LogP contribution in [0.5, 0.6) is 0 Å². The molecule has 1 aromatic carbocycles. The van der Waals surface area contributed by atoms with Crippen molar-refractivity contribution in [3.05, 3.63) is 31.8 Å². The van der Waals surface area contributed by atoms with E-state index in [1.807, 2.05) is 26.0 Å². The van der Waals surface area contributed by atoms with Gasteiger partial charge in [0.1, 0.15) is 0 Å². The number of carbonyl (C=O) groups excluding carboxylic acids is 1. The van der Waals surface area contributed by atoms with Gasteiger partial charge >= 0.3 is 5.97 Å². The number of rotatable bonds is 3. The van der Waals surface area contributed by atoms with Gasteiger partial charge < -0.3 is 4.74 Å². The van der Waals surface area contributed by atoms with Crippen LogP contribution in [0.3, 0.4) is 0 Å². The molecule has 0 spiro atoms. The number of hydrogen-bond acceptors (Lipinski definition) is 2. The van der Waals surface area contributed by atoms with E-state index in [-0.39, 0.29) is 5.97 Å². The Labute approximate surface area is 112 Å². The Morgan fingerprint density at radius 2 is 2.13 bits per heavy atom. The van der Waals surface area contributed by atoms with Crippen LogP contribution in [-0.4, -0.2) is 12.6 Å². The molecule has 0 unspecified atom stereocenters. The summed E-state index contributed by atoms with van der Waals surface area (Å²) in [5.74, 6) is 0.100. The summed E-state index contributed by atoms with van der Waals surface area (Å²) in [6.45, 7) is 4.48. The molecule has 1 rings (SSSR count). The Morgan fingerprint density at radius 3 is 2.67 bits per heavy atom. The Morgan fingerprint density at radius 1 is 1.47 bits per heavy atom. The molecular weight excluding hydrogens is 371 g/mol. The summed E-state index contributed by atoms with van der Waals surface area (Å²) in [6.07, 6.45) is 0. The minimum Gasteiger partial charge on any atom is -0.462 e. The van der Waals surface area contributed by atoms with E-state index in [0.29, 0.717) is 18.1 Å². The molecule has 0 saturated carbocycles. The van der Waals surface area contributed by atoms with Gasteiger partial charge in [-0.15, -0.1) is 0 Å². The molecule has 2 nitrogen and oxygen atoms in total. The zero-order valence-corrected chi connectivity index (χ0v) is 12.3. The van der Waals surface area contributed by atoms with Gasteiger partial charge in [-0.2, -0.15) is 0 Å². The Bertz CT molecular complexity index is 343. The van der Waals surface area contributed by atoms with E-state index >= 15 is 0 Å². The highest BCUT2D eigenvalue weighted by Crippen LogP contribution is 2.18. The summed E-state index contributed by atoms with van der Waals surface area (Å²) < 4.78 is 7.04. The molecule has 0 saturated heterocycles. The fourth-order valence-corrected chi connectivity index (χ4v) is 2.59. The molecule has 1 aromatic rings. The fraction of sp³-hybridized carbons (Fsp3) is 0.364. The third-order valence-electron chi connectivity index (χ3n) is 1.65. The largest absolute Gasteiger partial charge is 0.462 e. The third kappa shape index (κ3) is 4.51. The SMILES string of the molecule is CC(C)COC(=O)c1cc(Br)cc(I)c1. The van der Waals surface area contributed by atoms with Crippen molar-refractivity contribution in [2.45, 2.75) is 13.8 Å². The molecule has 0 fully saturated rings. The maximum absolute atomic E-state index is 11.6. The van der Waals surface area contributed by atoms with Gasteiger partial charge in [0.25, 0.3) is 0 Å². The first kappa shape index (κ1) is 13.0. The van der Waals surface area contributed by atoms with Crippen LogP contribution in [0.2, 0.25) is 0 Å². The fourth-order valence-electron chi connectivity index (χ4n) is 0.997. The molecule has 0 heterocycles. The van der Waals surface area contributed by atoms with E-state index in [1.54, 1.807) is 6.07 Å². The van der Waals surface area contributed by atoms with Crippen molar-refractivity contribution < 1.29 is 9.53 Å². The monoisotopic (exact) mass is 382 g/mol. The minimum absolute atomic E-state index is 0.261. The van der Waals surface area contributed by atoms with Gasteiger partial charge in [-0.05, 0) is 46.7 Å². The predicted molar refractivity (Wildman–Crippen MR) is 72.0 cm³/mol. The summed E-state index contributed by atoms with van der Waals surface area (Å²) in [5.41, 5.74) is 0.592. The van der Waals surface area contributed by atoms with Gasteiger partial charge in [0, 0.05) is 8.04 Å². The molecule has 4 heteroatoms. The number of carbonyl (C=O) groups is 1. The molecule has 0 amide bonds. The number of esters is 1. The lowest BCUT2D eigenvalue weighted by Crippen LogP contribution is -2.10. The van der Waals surface area contributed by atoms with E-state index in [9.17, 15) is 4.79 Å². The van der Waals surface area contributed by atoms with Crippen LogP contribution in [0, 0.1) is 9.49 Å². The highest BCUT2D eigenvalue weighted by Gasteiger charge is 2.09. The van der Waals surface area contributed by atoms with Crippen molar-refractivity contribution in [3.8, 4) is 0 Å². The van der Waals surface area contributed by atoms with Gasteiger partial charge in [-0.25, -0.2) is 4.79 Å². The number of hydrogen-bond donors (Lipinski definition) is 0. The highest BCUT2D eigenvalue weighted by molar-refractivity contribution is 14.1. The van der Waals surface area contributed by atoms with Crippen molar-refractivity contribution >= 4 is 44.5 Å². The normalized spacial score (nSPS) is 10.5. The predicted octanol–water partition coefficient (Wildman–Crippen LogP) is 3.87. The standard InChI is InChI=1S/C11H12BrIO2/c1-7(2)6-15-11(14)8-3-9(12)5-10(13)4-8/h3-5,7H,6H2,1-2H3. The molecule has 0 atom stereocenters. The van der Waals surface area contributed by atoms with Gasteiger partial charge in [-0.3, -0.25) is 0 Å². The zero-order chi connectivity index (χ0) is 11.4. The summed E-state index contributed by atoms with van der Waals surface area (Å²) in [5, 5.41) is 0. The average molecular weight is 383 g/mol. The van der Waals surface area contributed by atoms with Crippen molar-refractivity contribution in [2.75, 3.05) is 6.61 Å². The first-order valence-electron chi connectivity index (χ1n) is 4.62. The smallest absolute Gasteiger partial charge is 0.338 e. The lowest BCUT2D eigenvalue weighted by atomic mass is 10.2. The van der Waals surface area contributed by atoms with E-state index < -0.39 is 0 Å². The second-order valence-electron chi connectivity index (χ2n) is 3.65. The third-order valence-corrected chi connectivity index (χ3v) is 2.73. The lowest BCUT2D eigenvalue weighted by Gasteiger charge is -2.07. The Kier molecular flexibility index (Phi) is 5.05. The van der Waals surface area contributed by atoms with Gasteiger partial charge in [-0.1, -0.05) is 29.8 Å². The summed E-state index contributed by atoms with van der Waals surface area (Å²) >= 11 is 5.52. The van der Waals surface area contributed by atoms with Crippen molar-refractivity contribution in [1.82, 2.24) is 0 Å². The molecule has 0 aromatic heterocycles. The van der Waals surface area contributed by atoms with Crippen molar-refractivity contribution in [3.63, 3.8) is 0 Å². The van der Waals surface area contributed by atoms with E-state index in [2.05, 4.69) is 38.5 Å². The van der Waals surface area contributed by atoms with Gasteiger partial charge in [0.05, 0.1) is 12.2 Å². The van der Waals surface area contributed by atoms with Crippen LogP contribution in [-0.2, 0) is 4.74 Å². The molecule has 15 heavy (non-hydrogen) atoms. The first-order valence-corrected chi connectivity index (χ1v) is 6.49. The molecule has 0 bridgehead atoms. The molecule has 0 aliphatic carbocycles.